The third-order valence-corrected chi connectivity index (χ3v) is 4.13. The normalized spacial score (nSPS) is 31.1. The van der Waals surface area contributed by atoms with Crippen LogP contribution in [-0.4, -0.2) is 40.0 Å². The summed E-state index contributed by atoms with van der Waals surface area (Å²) in [5, 5.41) is 9.98. The van der Waals surface area contributed by atoms with E-state index in [9.17, 15) is 18.7 Å². The van der Waals surface area contributed by atoms with E-state index in [2.05, 4.69) is 0 Å². The minimum Gasteiger partial charge on any atom is -0.384 e. The van der Waals surface area contributed by atoms with Gasteiger partial charge in [0.2, 0.25) is 0 Å². The average molecular weight is 279 g/mol. The molecular weight excluding hydrogens is 264 g/mol. The van der Waals surface area contributed by atoms with Crippen LogP contribution in [0.15, 0.2) is 42.5 Å². The van der Waals surface area contributed by atoms with E-state index in [4.69, 9.17) is 0 Å². The van der Waals surface area contributed by atoms with Gasteiger partial charge < -0.3 is 10.0 Å². The fourth-order valence-electron chi connectivity index (χ4n) is 3.09. The predicted molar refractivity (Wildman–Crippen MR) is 69.5 cm³/mol. The summed E-state index contributed by atoms with van der Waals surface area (Å²) in [4.78, 5) is 13.6. The van der Waals surface area contributed by atoms with E-state index in [0.717, 1.165) is 4.90 Å². The molecule has 2 unspecified atom stereocenters. The molecule has 1 aromatic rings. The standard InChI is InChI=1S/C15H15F2NO2/c16-15(17)10-18(12(19)11-6-2-1-3-7-11)14(13(15)20)8-4-5-9-14/h1-4,6-8,13,20H,5,9-10H2. The number of carbonyl (C=O) groups is 1. The van der Waals surface area contributed by atoms with Crippen molar-refractivity contribution in [3.05, 3.63) is 48.0 Å². The molecule has 1 aliphatic heterocycles. The molecule has 2 aliphatic rings. The Morgan fingerprint density at radius 3 is 2.60 bits per heavy atom. The Bertz CT molecular complexity index is 558. The van der Waals surface area contributed by atoms with Crippen LogP contribution in [0.25, 0.3) is 0 Å². The van der Waals surface area contributed by atoms with Crippen LogP contribution in [0.2, 0.25) is 0 Å². The molecule has 0 radical (unpaired) electrons. The molecule has 1 saturated heterocycles. The first-order chi connectivity index (χ1) is 9.47. The number of allylic oxidation sites excluding steroid dienone is 1. The first-order valence-electron chi connectivity index (χ1n) is 6.58. The zero-order valence-corrected chi connectivity index (χ0v) is 10.8. The number of halogens is 2. The Balaban J connectivity index is 2.00. The minimum absolute atomic E-state index is 0.336. The van der Waals surface area contributed by atoms with Crippen molar-refractivity contribution >= 4 is 5.91 Å². The lowest BCUT2D eigenvalue weighted by molar-refractivity contribution is -0.0896. The third-order valence-electron chi connectivity index (χ3n) is 4.13. The van der Waals surface area contributed by atoms with E-state index in [1.54, 1.807) is 42.5 Å². The van der Waals surface area contributed by atoms with Gasteiger partial charge in [-0.15, -0.1) is 0 Å². The van der Waals surface area contributed by atoms with Crippen LogP contribution < -0.4 is 0 Å². The van der Waals surface area contributed by atoms with E-state index in [1.165, 1.54) is 0 Å². The zero-order chi connectivity index (χ0) is 14.4. The molecule has 1 amide bonds. The molecule has 20 heavy (non-hydrogen) atoms. The van der Waals surface area contributed by atoms with Crippen molar-refractivity contribution in [2.24, 2.45) is 0 Å². The van der Waals surface area contributed by atoms with E-state index in [1.807, 2.05) is 0 Å². The topological polar surface area (TPSA) is 40.5 Å². The molecule has 1 heterocycles. The van der Waals surface area contributed by atoms with Crippen molar-refractivity contribution in [3.63, 3.8) is 0 Å². The number of carbonyl (C=O) groups excluding carboxylic acids is 1. The predicted octanol–water partition coefficient (Wildman–Crippen LogP) is 2.23. The highest BCUT2D eigenvalue weighted by Gasteiger charge is 2.63. The average Bonchev–Trinajstić information content (AvgIpc) is 3.00. The van der Waals surface area contributed by atoms with Crippen LogP contribution in [0, 0.1) is 0 Å². The molecule has 3 nitrogen and oxygen atoms in total. The Hall–Kier alpha value is -1.75. The van der Waals surface area contributed by atoms with Crippen molar-refractivity contribution in [1.82, 2.24) is 4.90 Å². The van der Waals surface area contributed by atoms with Gasteiger partial charge in [-0.25, -0.2) is 8.78 Å². The van der Waals surface area contributed by atoms with Gasteiger partial charge in [0, 0.05) is 5.56 Å². The smallest absolute Gasteiger partial charge is 0.293 e. The number of hydrogen-bond donors (Lipinski definition) is 1. The van der Waals surface area contributed by atoms with Crippen molar-refractivity contribution in [3.8, 4) is 0 Å². The number of alkyl halides is 2. The highest BCUT2D eigenvalue weighted by Crippen LogP contribution is 2.46. The van der Waals surface area contributed by atoms with Gasteiger partial charge in [-0.3, -0.25) is 4.79 Å². The number of likely N-dealkylation sites (tertiary alicyclic amines) is 1. The maximum Gasteiger partial charge on any atom is 0.293 e. The van der Waals surface area contributed by atoms with Crippen LogP contribution in [0.4, 0.5) is 8.78 Å². The SMILES string of the molecule is O=C(c1ccccc1)N1CC(F)(F)C(O)C12C=CCC2. The Labute approximate surface area is 115 Å². The Morgan fingerprint density at radius 1 is 1.30 bits per heavy atom. The molecule has 0 bridgehead atoms. The van der Waals surface area contributed by atoms with Crippen LogP contribution in [0.5, 0.6) is 0 Å². The summed E-state index contributed by atoms with van der Waals surface area (Å²) in [5.41, 5.74) is -0.909. The second-order valence-corrected chi connectivity index (χ2v) is 5.35. The summed E-state index contributed by atoms with van der Waals surface area (Å²) in [7, 11) is 0. The third kappa shape index (κ3) is 1.77. The highest BCUT2D eigenvalue weighted by atomic mass is 19.3. The van der Waals surface area contributed by atoms with Crippen molar-refractivity contribution < 1.29 is 18.7 Å². The fourth-order valence-corrected chi connectivity index (χ4v) is 3.09. The van der Waals surface area contributed by atoms with E-state index < -0.39 is 30.0 Å². The molecule has 3 rings (SSSR count). The lowest BCUT2D eigenvalue weighted by Crippen LogP contribution is -2.51. The van der Waals surface area contributed by atoms with Gasteiger partial charge in [0.1, 0.15) is 6.10 Å². The van der Waals surface area contributed by atoms with Crippen molar-refractivity contribution in [2.45, 2.75) is 30.4 Å². The van der Waals surface area contributed by atoms with Gasteiger partial charge in [0.25, 0.3) is 11.8 Å². The molecule has 1 N–H and O–H groups in total. The first-order valence-corrected chi connectivity index (χ1v) is 6.58. The van der Waals surface area contributed by atoms with E-state index in [-0.39, 0.29) is 0 Å². The molecule has 0 saturated carbocycles. The summed E-state index contributed by atoms with van der Waals surface area (Å²) < 4.78 is 27.8. The number of nitrogens with zero attached hydrogens (tertiary/aromatic N) is 1. The summed E-state index contributed by atoms with van der Waals surface area (Å²) in [6.45, 7) is -0.744. The zero-order valence-electron chi connectivity index (χ0n) is 10.8. The van der Waals surface area contributed by atoms with Crippen molar-refractivity contribution in [2.75, 3.05) is 6.54 Å². The van der Waals surface area contributed by atoms with Gasteiger partial charge in [0.05, 0.1) is 12.1 Å². The number of hydrogen-bond acceptors (Lipinski definition) is 2. The maximum absolute atomic E-state index is 13.9. The summed E-state index contributed by atoms with van der Waals surface area (Å²) >= 11 is 0. The van der Waals surface area contributed by atoms with Gasteiger partial charge in [0.15, 0.2) is 0 Å². The second-order valence-electron chi connectivity index (χ2n) is 5.35. The van der Waals surface area contributed by atoms with E-state index in [0.29, 0.717) is 18.4 Å². The maximum atomic E-state index is 13.9. The second kappa shape index (κ2) is 4.38. The molecule has 2 atom stereocenters. The molecule has 1 spiro atoms. The molecular formula is C15H15F2NO2. The molecule has 1 aromatic carbocycles. The minimum atomic E-state index is -3.28. The van der Waals surface area contributed by atoms with Crippen LogP contribution in [0.3, 0.4) is 0 Å². The van der Waals surface area contributed by atoms with Gasteiger partial charge >= 0.3 is 0 Å². The lowest BCUT2D eigenvalue weighted by atomic mass is 9.91. The molecule has 5 heteroatoms. The molecule has 1 fully saturated rings. The van der Waals surface area contributed by atoms with E-state index >= 15 is 0 Å². The highest BCUT2D eigenvalue weighted by molar-refractivity contribution is 5.95. The lowest BCUT2D eigenvalue weighted by Gasteiger charge is -2.35. The molecule has 0 aromatic heterocycles. The number of aliphatic hydroxyl groups is 1. The van der Waals surface area contributed by atoms with Gasteiger partial charge in [-0.05, 0) is 25.0 Å². The van der Waals surface area contributed by atoms with Gasteiger partial charge in [-0.2, -0.15) is 0 Å². The molecule has 1 aliphatic carbocycles. The quantitative estimate of drug-likeness (QED) is 0.801. The Kier molecular flexibility index (Phi) is 2.90. The van der Waals surface area contributed by atoms with Gasteiger partial charge in [-0.1, -0.05) is 30.4 Å². The first kappa shape index (κ1) is 13.2. The monoisotopic (exact) mass is 279 g/mol. The summed E-state index contributed by atoms with van der Waals surface area (Å²) in [6.07, 6.45) is 2.38. The van der Waals surface area contributed by atoms with Crippen molar-refractivity contribution in [1.29, 1.82) is 0 Å². The number of amides is 1. The summed E-state index contributed by atoms with van der Waals surface area (Å²) in [6, 6.07) is 8.33. The Morgan fingerprint density at radius 2 is 2.00 bits per heavy atom. The van der Waals surface area contributed by atoms with Crippen LogP contribution >= 0.6 is 0 Å². The summed E-state index contributed by atoms with van der Waals surface area (Å²) in [5.74, 6) is -3.74. The fraction of sp³-hybridized carbons (Fsp3) is 0.400. The number of rotatable bonds is 1. The van der Waals surface area contributed by atoms with Crippen LogP contribution in [-0.2, 0) is 0 Å². The number of aliphatic hydroxyl groups excluding tert-OH is 1. The number of benzene rings is 1. The largest absolute Gasteiger partial charge is 0.384 e. The van der Waals surface area contributed by atoms with Crippen LogP contribution in [0.1, 0.15) is 23.2 Å². The molecule has 106 valence electrons.